The van der Waals surface area contributed by atoms with Crippen LogP contribution in [0, 0.1) is 0 Å². The second-order valence-electron chi connectivity index (χ2n) is 3.49. The van der Waals surface area contributed by atoms with Crippen molar-refractivity contribution in [3.05, 3.63) is 32.7 Å². The topological polar surface area (TPSA) is 40.5 Å². The van der Waals surface area contributed by atoms with Gasteiger partial charge in [0.2, 0.25) is 0 Å². The molecule has 0 spiro atoms. The molecule has 0 aromatic heterocycles. The molecule has 3 nitrogen and oxygen atoms in total. The first-order valence-corrected chi connectivity index (χ1v) is 6.67. The fourth-order valence-corrected chi connectivity index (χ4v) is 2.61. The SMILES string of the molecule is O=C(c1ccc(Br)cc1Br)N(CCO)CC(F)F. The van der Waals surface area contributed by atoms with Crippen LogP contribution < -0.4 is 0 Å². The van der Waals surface area contributed by atoms with Gasteiger partial charge in [-0.05, 0) is 34.1 Å². The summed E-state index contributed by atoms with van der Waals surface area (Å²) in [4.78, 5) is 13.0. The van der Waals surface area contributed by atoms with Crippen molar-refractivity contribution in [3.8, 4) is 0 Å². The average Bonchev–Trinajstić information content (AvgIpc) is 2.27. The van der Waals surface area contributed by atoms with Crippen LogP contribution in [0.15, 0.2) is 27.1 Å². The summed E-state index contributed by atoms with van der Waals surface area (Å²) >= 11 is 6.44. The number of halogens is 4. The number of amides is 1. The molecular formula is C11H11Br2F2NO2. The molecule has 18 heavy (non-hydrogen) atoms. The lowest BCUT2D eigenvalue weighted by Gasteiger charge is -2.21. The van der Waals surface area contributed by atoms with Gasteiger partial charge >= 0.3 is 0 Å². The number of hydrogen-bond acceptors (Lipinski definition) is 2. The Hall–Kier alpha value is -0.530. The minimum Gasteiger partial charge on any atom is -0.395 e. The highest BCUT2D eigenvalue weighted by atomic mass is 79.9. The molecule has 0 aliphatic heterocycles. The Labute approximate surface area is 120 Å². The Morgan fingerprint density at radius 3 is 2.56 bits per heavy atom. The highest BCUT2D eigenvalue weighted by Gasteiger charge is 2.21. The molecule has 1 N–H and O–H groups in total. The maximum Gasteiger partial charge on any atom is 0.255 e. The average molecular weight is 387 g/mol. The van der Waals surface area contributed by atoms with Crippen LogP contribution in [0.2, 0.25) is 0 Å². The Morgan fingerprint density at radius 2 is 2.06 bits per heavy atom. The highest BCUT2D eigenvalue weighted by Crippen LogP contribution is 2.23. The molecule has 0 aliphatic rings. The van der Waals surface area contributed by atoms with E-state index in [9.17, 15) is 13.6 Å². The molecule has 7 heteroatoms. The zero-order valence-corrected chi connectivity index (χ0v) is 12.4. The third-order valence-electron chi connectivity index (χ3n) is 2.18. The van der Waals surface area contributed by atoms with Crippen molar-refractivity contribution in [2.24, 2.45) is 0 Å². The van der Waals surface area contributed by atoms with E-state index in [1.807, 2.05) is 0 Å². The number of hydrogen-bond donors (Lipinski definition) is 1. The lowest BCUT2D eigenvalue weighted by Crippen LogP contribution is -2.37. The summed E-state index contributed by atoms with van der Waals surface area (Å²) in [5.74, 6) is -0.538. The van der Waals surface area contributed by atoms with E-state index in [-0.39, 0.29) is 18.7 Å². The van der Waals surface area contributed by atoms with Crippen LogP contribution in [0.1, 0.15) is 10.4 Å². The zero-order valence-electron chi connectivity index (χ0n) is 9.25. The van der Waals surface area contributed by atoms with Crippen molar-refractivity contribution in [2.45, 2.75) is 6.43 Å². The normalized spacial score (nSPS) is 10.8. The van der Waals surface area contributed by atoms with Crippen LogP contribution in [0.3, 0.4) is 0 Å². The van der Waals surface area contributed by atoms with Crippen molar-refractivity contribution in [1.82, 2.24) is 4.90 Å². The number of aliphatic hydroxyl groups is 1. The molecule has 0 fully saturated rings. The summed E-state index contributed by atoms with van der Waals surface area (Å²) in [7, 11) is 0. The van der Waals surface area contributed by atoms with E-state index >= 15 is 0 Å². The van der Waals surface area contributed by atoms with Crippen LogP contribution in [-0.2, 0) is 0 Å². The van der Waals surface area contributed by atoms with E-state index in [1.165, 1.54) is 6.07 Å². The molecule has 0 heterocycles. The van der Waals surface area contributed by atoms with Gasteiger partial charge in [-0.2, -0.15) is 0 Å². The fourth-order valence-electron chi connectivity index (χ4n) is 1.40. The monoisotopic (exact) mass is 385 g/mol. The molecule has 1 aromatic rings. The summed E-state index contributed by atoms with van der Waals surface area (Å²) in [6.07, 6.45) is -2.63. The zero-order chi connectivity index (χ0) is 13.7. The summed E-state index contributed by atoms with van der Waals surface area (Å²) < 4.78 is 26.0. The van der Waals surface area contributed by atoms with Gasteiger partial charge in [0, 0.05) is 15.5 Å². The van der Waals surface area contributed by atoms with Gasteiger partial charge < -0.3 is 10.0 Å². The largest absolute Gasteiger partial charge is 0.395 e. The van der Waals surface area contributed by atoms with E-state index in [0.29, 0.717) is 4.47 Å². The predicted octanol–water partition coefficient (Wildman–Crippen LogP) is 2.91. The van der Waals surface area contributed by atoms with Crippen LogP contribution in [0.4, 0.5) is 8.78 Å². The quantitative estimate of drug-likeness (QED) is 0.845. The molecule has 100 valence electrons. The summed E-state index contributed by atoms with van der Waals surface area (Å²) in [5, 5.41) is 8.80. The summed E-state index contributed by atoms with van der Waals surface area (Å²) in [6, 6.07) is 4.84. The molecule has 0 aliphatic carbocycles. The first-order valence-electron chi connectivity index (χ1n) is 5.09. The highest BCUT2D eigenvalue weighted by molar-refractivity contribution is 9.11. The second-order valence-corrected chi connectivity index (χ2v) is 5.26. The summed E-state index contributed by atoms with van der Waals surface area (Å²) in [5.41, 5.74) is 0.285. The number of alkyl halides is 2. The molecule has 0 bridgehead atoms. The van der Waals surface area contributed by atoms with Gasteiger partial charge in [-0.25, -0.2) is 8.78 Å². The Bertz CT molecular complexity index is 430. The molecule has 0 unspecified atom stereocenters. The van der Waals surface area contributed by atoms with Gasteiger partial charge in [0.1, 0.15) is 0 Å². The van der Waals surface area contributed by atoms with Crippen LogP contribution in [0.25, 0.3) is 0 Å². The maximum atomic E-state index is 12.4. The van der Waals surface area contributed by atoms with E-state index in [4.69, 9.17) is 5.11 Å². The molecular weight excluding hydrogens is 376 g/mol. The van der Waals surface area contributed by atoms with Gasteiger partial charge in [0.05, 0.1) is 18.7 Å². The number of rotatable bonds is 5. The van der Waals surface area contributed by atoms with Gasteiger partial charge in [-0.1, -0.05) is 15.9 Å². The van der Waals surface area contributed by atoms with Gasteiger partial charge in [0.15, 0.2) is 0 Å². The standard InChI is InChI=1S/C11H11Br2F2NO2/c12-7-1-2-8(9(13)5-7)11(18)16(3-4-17)6-10(14)15/h1-2,5,10,17H,3-4,6H2. The molecule has 0 saturated carbocycles. The smallest absolute Gasteiger partial charge is 0.255 e. The van der Waals surface area contributed by atoms with Gasteiger partial charge in [0.25, 0.3) is 12.3 Å². The van der Waals surface area contributed by atoms with Crippen molar-refractivity contribution in [2.75, 3.05) is 19.7 Å². The Kier molecular flexibility index (Phi) is 6.17. The molecule has 0 radical (unpaired) electrons. The number of benzene rings is 1. The Morgan fingerprint density at radius 1 is 1.39 bits per heavy atom. The predicted molar refractivity (Wildman–Crippen MR) is 70.8 cm³/mol. The fraction of sp³-hybridized carbons (Fsp3) is 0.364. The van der Waals surface area contributed by atoms with Crippen LogP contribution >= 0.6 is 31.9 Å². The molecule has 1 aromatic carbocycles. The molecule has 0 atom stereocenters. The number of aliphatic hydroxyl groups excluding tert-OH is 1. The minimum absolute atomic E-state index is 0.119. The van der Waals surface area contributed by atoms with E-state index in [1.54, 1.807) is 12.1 Å². The van der Waals surface area contributed by atoms with Crippen molar-refractivity contribution >= 4 is 37.8 Å². The van der Waals surface area contributed by atoms with E-state index < -0.39 is 18.9 Å². The first-order chi connectivity index (χ1) is 8.45. The Balaban J connectivity index is 2.94. The number of carbonyl (C=O) groups is 1. The first kappa shape index (κ1) is 15.5. The number of nitrogens with zero attached hydrogens (tertiary/aromatic N) is 1. The third-order valence-corrected chi connectivity index (χ3v) is 3.33. The number of carbonyl (C=O) groups excluding carboxylic acids is 1. The van der Waals surface area contributed by atoms with E-state index in [2.05, 4.69) is 31.9 Å². The van der Waals surface area contributed by atoms with E-state index in [0.717, 1.165) is 9.37 Å². The van der Waals surface area contributed by atoms with Gasteiger partial charge in [-0.15, -0.1) is 0 Å². The minimum atomic E-state index is -2.63. The summed E-state index contributed by atoms with van der Waals surface area (Å²) in [6.45, 7) is -1.17. The van der Waals surface area contributed by atoms with Gasteiger partial charge in [-0.3, -0.25) is 4.79 Å². The van der Waals surface area contributed by atoms with Crippen LogP contribution in [0.5, 0.6) is 0 Å². The molecule has 0 saturated heterocycles. The molecule has 1 rings (SSSR count). The van der Waals surface area contributed by atoms with Crippen LogP contribution in [-0.4, -0.2) is 42.0 Å². The lowest BCUT2D eigenvalue weighted by atomic mass is 10.2. The van der Waals surface area contributed by atoms with Crippen molar-refractivity contribution in [1.29, 1.82) is 0 Å². The third kappa shape index (κ3) is 4.29. The van der Waals surface area contributed by atoms with Crippen molar-refractivity contribution < 1.29 is 18.7 Å². The second kappa shape index (κ2) is 7.16. The van der Waals surface area contributed by atoms with Crippen molar-refractivity contribution in [3.63, 3.8) is 0 Å². The lowest BCUT2D eigenvalue weighted by molar-refractivity contribution is 0.0508. The molecule has 1 amide bonds. The maximum absolute atomic E-state index is 12.4.